The summed E-state index contributed by atoms with van der Waals surface area (Å²) in [7, 11) is 0. The highest BCUT2D eigenvalue weighted by molar-refractivity contribution is 5.92. The molecule has 0 bridgehead atoms. The van der Waals surface area contributed by atoms with Crippen molar-refractivity contribution in [2.45, 2.75) is 37.3 Å². The summed E-state index contributed by atoms with van der Waals surface area (Å²) in [5.41, 5.74) is 3.95. The van der Waals surface area contributed by atoms with Crippen LogP contribution in [0, 0.1) is 0 Å². The molecule has 2 atom stereocenters. The zero-order valence-electron chi connectivity index (χ0n) is 18.5. The van der Waals surface area contributed by atoms with E-state index >= 15 is 0 Å². The van der Waals surface area contributed by atoms with Crippen molar-refractivity contribution in [3.63, 3.8) is 0 Å². The van der Waals surface area contributed by atoms with Crippen LogP contribution in [0.5, 0.6) is 0 Å². The summed E-state index contributed by atoms with van der Waals surface area (Å²) in [5, 5.41) is 31.3. The van der Waals surface area contributed by atoms with Crippen LogP contribution in [0.1, 0.15) is 36.3 Å². The monoisotopic (exact) mass is 484 g/mol. The van der Waals surface area contributed by atoms with Crippen molar-refractivity contribution in [3.05, 3.63) is 59.7 Å². The number of hydrogen-bond donors (Lipinski definition) is 5. The van der Waals surface area contributed by atoms with Crippen LogP contribution in [0.4, 0.5) is 4.79 Å². The average molecular weight is 484 g/mol. The Balaban J connectivity index is 1.66. The van der Waals surface area contributed by atoms with Crippen molar-refractivity contribution in [3.8, 4) is 11.1 Å². The second kappa shape index (κ2) is 11.1. The first-order valence-electron chi connectivity index (χ1n) is 10.8. The summed E-state index contributed by atoms with van der Waals surface area (Å²) in [4.78, 5) is 58.2. The third kappa shape index (κ3) is 6.34. The largest absolute Gasteiger partial charge is 0.481 e. The zero-order valence-corrected chi connectivity index (χ0v) is 18.5. The Bertz CT molecular complexity index is 1100. The maximum Gasteiger partial charge on any atom is 0.407 e. The van der Waals surface area contributed by atoms with Gasteiger partial charge in [0.05, 0.1) is 6.42 Å². The van der Waals surface area contributed by atoms with E-state index in [4.69, 9.17) is 14.9 Å². The molecule has 0 spiro atoms. The summed E-state index contributed by atoms with van der Waals surface area (Å²) in [5.74, 6) is -5.51. The Hall–Kier alpha value is -4.41. The molecule has 0 saturated carbocycles. The van der Waals surface area contributed by atoms with E-state index in [-0.39, 0.29) is 12.5 Å². The van der Waals surface area contributed by atoms with E-state index in [0.29, 0.717) is 0 Å². The van der Waals surface area contributed by atoms with E-state index in [2.05, 4.69) is 10.6 Å². The van der Waals surface area contributed by atoms with Gasteiger partial charge in [0, 0.05) is 12.3 Å². The van der Waals surface area contributed by atoms with Gasteiger partial charge >= 0.3 is 24.0 Å². The number of ether oxygens (including phenoxy) is 1. The summed E-state index contributed by atoms with van der Waals surface area (Å²) in [6.07, 6.45) is -2.83. The van der Waals surface area contributed by atoms with Gasteiger partial charge in [0.1, 0.15) is 18.7 Å². The number of hydrogen-bond acceptors (Lipinski definition) is 6. The molecule has 3 rings (SSSR count). The third-order valence-electron chi connectivity index (χ3n) is 5.59. The van der Waals surface area contributed by atoms with Crippen LogP contribution in [0.25, 0.3) is 11.1 Å². The van der Waals surface area contributed by atoms with Crippen LogP contribution in [-0.2, 0) is 23.9 Å². The predicted molar refractivity (Wildman–Crippen MR) is 121 cm³/mol. The van der Waals surface area contributed by atoms with Gasteiger partial charge in [-0.25, -0.2) is 9.59 Å². The number of fused-ring (bicyclic) bond motifs is 3. The first-order valence-corrected chi connectivity index (χ1v) is 10.8. The van der Waals surface area contributed by atoms with Crippen molar-refractivity contribution in [2.24, 2.45) is 0 Å². The standard InChI is InChI=1S/C24H24N2O9/c27-20(28)10-9-18(23(32)33)25-22(31)19(11-21(29)30)26-24(34)35-12-17-15-7-3-1-5-13(15)14-6-2-4-8-16(14)17/h1-8,17-19H,9-12H2,(H,25,31)(H,26,34)(H,27,28)(H,29,30)(H,32,33)/t18-,19+/m0/s1. The molecule has 5 N–H and O–H groups in total. The van der Waals surface area contributed by atoms with Gasteiger partial charge in [0.25, 0.3) is 0 Å². The van der Waals surface area contributed by atoms with Gasteiger partial charge in [-0.2, -0.15) is 0 Å². The molecule has 2 aromatic carbocycles. The number of carboxylic acids is 3. The maximum absolute atomic E-state index is 12.5. The van der Waals surface area contributed by atoms with Crippen LogP contribution in [0.15, 0.2) is 48.5 Å². The first kappa shape index (κ1) is 25.2. The second-order valence-corrected chi connectivity index (χ2v) is 7.95. The van der Waals surface area contributed by atoms with Gasteiger partial charge in [0.2, 0.25) is 5.91 Å². The molecule has 0 unspecified atom stereocenters. The fourth-order valence-electron chi connectivity index (χ4n) is 3.96. The lowest BCUT2D eigenvalue weighted by atomic mass is 9.98. The van der Waals surface area contributed by atoms with Crippen LogP contribution in [-0.4, -0.2) is 63.9 Å². The molecular weight excluding hydrogens is 460 g/mol. The van der Waals surface area contributed by atoms with Gasteiger partial charge in [-0.05, 0) is 28.7 Å². The molecule has 2 aromatic rings. The molecule has 2 amide bonds. The van der Waals surface area contributed by atoms with Crippen LogP contribution >= 0.6 is 0 Å². The quantitative estimate of drug-likeness (QED) is 0.318. The topological polar surface area (TPSA) is 179 Å². The molecule has 1 aliphatic carbocycles. The van der Waals surface area contributed by atoms with E-state index < -0.39 is 61.3 Å². The Morgan fingerprint density at radius 3 is 1.89 bits per heavy atom. The predicted octanol–water partition coefficient (Wildman–Crippen LogP) is 1.80. The van der Waals surface area contributed by atoms with E-state index in [1.165, 1.54) is 0 Å². The number of nitrogens with one attached hydrogen (secondary N) is 2. The smallest absolute Gasteiger partial charge is 0.407 e. The van der Waals surface area contributed by atoms with Gasteiger partial charge in [-0.15, -0.1) is 0 Å². The average Bonchev–Trinajstić information content (AvgIpc) is 3.13. The van der Waals surface area contributed by atoms with Gasteiger partial charge < -0.3 is 30.7 Å². The molecule has 0 radical (unpaired) electrons. The minimum Gasteiger partial charge on any atom is -0.481 e. The molecule has 11 nitrogen and oxygen atoms in total. The number of aliphatic carboxylic acids is 3. The molecule has 11 heteroatoms. The second-order valence-electron chi connectivity index (χ2n) is 7.95. The lowest BCUT2D eigenvalue weighted by molar-refractivity contribution is -0.143. The van der Waals surface area contributed by atoms with Crippen molar-refractivity contribution < 1.29 is 44.0 Å². The van der Waals surface area contributed by atoms with Gasteiger partial charge in [-0.1, -0.05) is 48.5 Å². The number of carbonyl (C=O) groups excluding carboxylic acids is 2. The third-order valence-corrected chi connectivity index (χ3v) is 5.59. The van der Waals surface area contributed by atoms with Crippen LogP contribution < -0.4 is 10.6 Å². The maximum atomic E-state index is 12.5. The molecule has 0 heterocycles. The minimum absolute atomic E-state index is 0.0718. The SMILES string of the molecule is O=C(O)CC[C@H](NC(=O)[C@@H](CC(=O)O)NC(=O)OCC1c2ccccc2-c2ccccc21)C(=O)O. The molecule has 1 aliphatic rings. The molecule has 0 aliphatic heterocycles. The van der Waals surface area contributed by atoms with Crippen molar-refractivity contribution >= 4 is 29.9 Å². The Labute approximate surface area is 199 Å². The molecular formula is C24H24N2O9. The first-order chi connectivity index (χ1) is 16.7. The number of alkyl carbamates (subject to hydrolysis) is 1. The number of carboxylic acid groups (broad SMARTS) is 3. The number of carbonyl (C=O) groups is 5. The lowest BCUT2D eigenvalue weighted by Crippen LogP contribution is -2.52. The molecule has 0 aromatic heterocycles. The van der Waals surface area contributed by atoms with Gasteiger partial charge in [0.15, 0.2) is 0 Å². The number of amides is 2. The highest BCUT2D eigenvalue weighted by Gasteiger charge is 2.31. The Morgan fingerprint density at radius 1 is 0.800 bits per heavy atom. The minimum atomic E-state index is -1.63. The van der Waals surface area contributed by atoms with E-state index in [0.717, 1.165) is 22.3 Å². The summed E-state index contributed by atoms with van der Waals surface area (Å²) in [6, 6.07) is 12.1. The van der Waals surface area contributed by atoms with Gasteiger partial charge in [-0.3, -0.25) is 14.4 Å². The normalized spacial score (nSPS) is 13.6. The molecule has 35 heavy (non-hydrogen) atoms. The highest BCUT2D eigenvalue weighted by atomic mass is 16.5. The van der Waals surface area contributed by atoms with Crippen LogP contribution in [0.3, 0.4) is 0 Å². The molecule has 0 fully saturated rings. The summed E-state index contributed by atoms with van der Waals surface area (Å²) in [6.45, 7) is -0.0718. The Morgan fingerprint density at radius 2 is 1.37 bits per heavy atom. The fourth-order valence-corrected chi connectivity index (χ4v) is 3.96. The molecule has 0 saturated heterocycles. The summed E-state index contributed by atoms with van der Waals surface area (Å²) >= 11 is 0. The zero-order chi connectivity index (χ0) is 25.5. The van der Waals surface area contributed by atoms with Crippen molar-refractivity contribution in [1.82, 2.24) is 10.6 Å². The number of rotatable bonds is 11. The number of benzene rings is 2. The molecule has 184 valence electrons. The van der Waals surface area contributed by atoms with E-state index in [9.17, 15) is 29.1 Å². The Kier molecular flexibility index (Phi) is 8.03. The lowest BCUT2D eigenvalue weighted by Gasteiger charge is -2.21. The van der Waals surface area contributed by atoms with Crippen molar-refractivity contribution in [1.29, 1.82) is 0 Å². The van der Waals surface area contributed by atoms with Crippen molar-refractivity contribution in [2.75, 3.05) is 6.61 Å². The highest BCUT2D eigenvalue weighted by Crippen LogP contribution is 2.44. The summed E-state index contributed by atoms with van der Waals surface area (Å²) < 4.78 is 5.32. The fraction of sp³-hybridized carbons (Fsp3) is 0.292. The van der Waals surface area contributed by atoms with E-state index in [1.54, 1.807) is 0 Å². The van der Waals surface area contributed by atoms with Crippen LogP contribution in [0.2, 0.25) is 0 Å². The van der Waals surface area contributed by atoms with E-state index in [1.807, 2.05) is 48.5 Å².